The van der Waals surface area contributed by atoms with E-state index in [2.05, 4.69) is 46.5 Å². The van der Waals surface area contributed by atoms with Crippen LogP contribution in [0, 0.1) is 6.92 Å². The zero-order valence-electron chi connectivity index (χ0n) is 10.1. The molecule has 20 heavy (non-hydrogen) atoms. The molecule has 0 saturated carbocycles. The molecule has 0 unspecified atom stereocenters. The lowest BCUT2D eigenvalue weighted by Crippen LogP contribution is -2.16. The van der Waals surface area contributed by atoms with Crippen molar-refractivity contribution in [2.24, 2.45) is 0 Å². The molecule has 0 radical (unpaired) electrons. The Balaban J connectivity index is 2.43. The smallest absolute Gasteiger partial charge is 0.247 e. The number of aryl methyl sites for hydroxylation is 1. The van der Waals surface area contributed by atoms with Gasteiger partial charge in [0.15, 0.2) is 0 Å². The van der Waals surface area contributed by atoms with Crippen molar-refractivity contribution < 1.29 is 8.42 Å². The highest BCUT2D eigenvalue weighted by atomic mass is 79.9. The van der Waals surface area contributed by atoms with Crippen LogP contribution in [0.25, 0.3) is 0 Å². The summed E-state index contributed by atoms with van der Waals surface area (Å²) in [5.41, 5.74) is 0.566. The number of anilines is 1. The number of halogens is 3. The van der Waals surface area contributed by atoms with Gasteiger partial charge in [0.05, 0.1) is 0 Å². The molecule has 0 amide bonds. The standard InChI is InChI=1S/C11H8Br2ClN3O2S/c1-6-4-10(14)16-11(15-6)17-20(18,19)9-5-7(12)2-3-8(9)13/h2-5H,1H3,(H,15,16,17). The Labute approximate surface area is 138 Å². The molecule has 0 fully saturated rings. The van der Waals surface area contributed by atoms with E-state index in [4.69, 9.17) is 11.6 Å². The van der Waals surface area contributed by atoms with Gasteiger partial charge in [-0.15, -0.1) is 0 Å². The van der Waals surface area contributed by atoms with E-state index >= 15 is 0 Å². The Kier molecular flexibility index (Phi) is 4.68. The summed E-state index contributed by atoms with van der Waals surface area (Å²) in [7, 11) is -3.81. The first-order chi connectivity index (χ1) is 9.28. The van der Waals surface area contributed by atoms with Crippen molar-refractivity contribution in [3.63, 3.8) is 0 Å². The SMILES string of the molecule is Cc1cc(Cl)nc(NS(=O)(=O)c2cc(Br)ccc2Br)n1. The summed E-state index contributed by atoms with van der Waals surface area (Å²) < 4.78 is 28.0. The lowest BCUT2D eigenvalue weighted by Gasteiger charge is -2.09. The molecule has 5 nitrogen and oxygen atoms in total. The largest absolute Gasteiger partial charge is 0.265 e. The average Bonchev–Trinajstić information content (AvgIpc) is 2.30. The average molecular weight is 442 g/mol. The summed E-state index contributed by atoms with van der Waals surface area (Å²) in [4.78, 5) is 7.89. The van der Waals surface area contributed by atoms with Crippen LogP contribution in [-0.2, 0) is 10.0 Å². The molecule has 1 heterocycles. The summed E-state index contributed by atoms with van der Waals surface area (Å²) in [6.07, 6.45) is 0. The van der Waals surface area contributed by atoms with Gasteiger partial charge in [0, 0.05) is 14.6 Å². The number of rotatable bonds is 3. The van der Waals surface area contributed by atoms with E-state index in [-0.39, 0.29) is 16.0 Å². The second-order valence-corrected chi connectivity index (χ2v) is 7.64. The van der Waals surface area contributed by atoms with Gasteiger partial charge in [-0.1, -0.05) is 27.5 Å². The first-order valence-electron chi connectivity index (χ1n) is 5.27. The predicted molar refractivity (Wildman–Crippen MR) is 84.4 cm³/mol. The van der Waals surface area contributed by atoms with Crippen LogP contribution in [0.15, 0.2) is 38.1 Å². The Morgan fingerprint density at radius 1 is 1.20 bits per heavy atom. The molecule has 0 bridgehead atoms. The maximum absolute atomic E-state index is 12.3. The van der Waals surface area contributed by atoms with Crippen LogP contribution >= 0.6 is 43.5 Å². The van der Waals surface area contributed by atoms with E-state index in [1.54, 1.807) is 19.1 Å². The summed E-state index contributed by atoms with van der Waals surface area (Å²) >= 11 is 12.2. The minimum Gasteiger partial charge on any atom is -0.247 e. The fourth-order valence-corrected chi connectivity index (χ4v) is 4.12. The van der Waals surface area contributed by atoms with E-state index in [9.17, 15) is 8.42 Å². The normalized spacial score (nSPS) is 11.4. The Morgan fingerprint density at radius 3 is 2.55 bits per heavy atom. The van der Waals surface area contributed by atoms with Crippen molar-refractivity contribution in [1.82, 2.24) is 9.97 Å². The number of hydrogen-bond donors (Lipinski definition) is 1. The van der Waals surface area contributed by atoms with E-state index in [1.165, 1.54) is 12.1 Å². The topological polar surface area (TPSA) is 72.0 Å². The van der Waals surface area contributed by atoms with Crippen LogP contribution in [0.5, 0.6) is 0 Å². The van der Waals surface area contributed by atoms with Crippen molar-refractivity contribution in [3.05, 3.63) is 44.1 Å². The molecule has 0 aliphatic rings. The van der Waals surface area contributed by atoms with Gasteiger partial charge in [-0.25, -0.2) is 23.1 Å². The van der Waals surface area contributed by atoms with Gasteiger partial charge in [-0.2, -0.15) is 0 Å². The van der Waals surface area contributed by atoms with Gasteiger partial charge in [-0.3, -0.25) is 0 Å². The Bertz CT molecular complexity index is 748. The summed E-state index contributed by atoms with van der Waals surface area (Å²) in [6.45, 7) is 1.69. The molecule has 1 aromatic heterocycles. The van der Waals surface area contributed by atoms with Gasteiger partial charge in [0.2, 0.25) is 5.95 Å². The zero-order chi connectivity index (χ0) is 14.9. The molecule has 2 rings (SSSR count). The van der Waals surface area contributed by atoms with Gasteiger partial charge < -0.3 is 0 Å². The highest BCUT2D eigenvalue weighted by molar-refractivity contribution is 9.11. The second kappa shape index (κ2) is 5.97. The van der Waals surface area contributed by atoms with Crippen LogP contribution in [0.2, 0.25) is 5.15 Å². The lowest BCUT2D eigenvalue weighted by atomic mass is 10.4. The third kappa shape index (κ3) is 3.69. The van der Waals surface area contributed by atoms with Crippen molar-refractivity contribution in [3.8, 4) is 0 Å². The molecule has 9 heteroatoms. The van der Waals surface area contributed by atoms with E-state index in [0.717, 1.165) is 0 Å². The fraction of sp³-hybridized carbons (Fsp3) is 0.0909. The Hall–Kier alpha value is -0.700. The minimum atomic E-state index is -3.81. The molecule has 1 N–H and O–H groups in total. The first-order valence-corrected chi connectivity index (χ1v) is 8.72. The second-order valence-electron chi connectivity index (χ2n) is 3.84. The molecular weight excluding hydrogens is 433 g/mol. The molecular formula is C11H8Br2ClN3O2S. The molecule has 106 valence electrons. The maximum atomic E-state index is 12.3. The van der Waals surface area contributed by atoms with Gasteiger partial charge >= 0.3 is 0 Å². The van der Waals surface area contributed by atoms with Crippen LogP contribution in [-0.4, -0.2) is 18.4 Å². The fourth-order valence-electron chi connectivity index (χ4n) is 1.43. The molecule has 0 atom stereocenters. The monoisotopic (exact) mass is 439 g/mol. The number of nitrogens with zero attached hydrogens (tertiary/aromatic N) is 2. The summed E-state index contributed by atoms with van der Waals surface area (Å²) in [6, 6.07) is 6.37. The first kappa shape index (κ1) is 15.7. The van der Waals surface area contributed by atoms with E-state index in [1.807, 2.05) is 0 Å². The Morgan fingerprint density at radius 2 is 1.90 bits per heavy atom. The molecule has 0 saturated heterocycles. The summed E-state index contributed by atoms with van der Waals surface area (Å²) in [5.74, 6) is -0.0677. The van der Waals surface area contributed by atoms with Gasteiger partial charge in [0.25, 0.3) is 10.0 Å². The van der Waals surface area contributed by atoms with Crippen LogP contribution in [0.3, 0.4) is 0 Å². The van der Waals surface area contributed by atoms with Crippen LogP contribution in [0.1, 0.15) is 5.69 Å². The highest BCUT2D eigenvalue weighted by Gasteiger charge is 2.19. The molecule has 0 spiro atoms. The number of aromatic nitrogens is 2. The van der Waals surface area contributed by atoms with Crippen LogP contribution in [0.4, 0.5) is 5.95 Å². The van der Waals surface area contributed by atoms with Crippen molar-refractivity contribution in [2.45, 2.75) is 11.8 Å². The summed E-state index contributed by atoms with van der Waals surface area (Å²) in [5, 5.41) is 0.170. The van der Waals surface area contributed by atoms with Crippen LogP contribution < -0.4 is 4.72 Å². The molecule has 0 aliphatic heterocycles. The predicted octanol–water partition coefficient (Wildman–Crippen LogP) is 3.76. The number of benzene rings is 1. The van der Waals surface area contributed by atoms with E-state index in [0.29, 0.717) is 14.6 Å². The van der Waals surface area contributed by atoms with Crippen molar-refractivity contribution >= 4 is 59.4 Å². The molecule has 2 aromatic rings. The zero-order valence-corrected chi connectivity index (χ0v) is 14.8. The third-order valence-corrected chi connectivity index (χ3v) is 5.24. The van der Waals surface area contributed by atoms with Crippen molar-refractivity contribution in [1.29, 1.82) is 0 Å². The molecule has 0 aliphatic carbocycles. The number of nitrogens with one attached hydrogen (secondary N) is 1. The lowest BCUT2D eigenvalue weighted by molar-refractivity contribution is 0.600. The maximum Gasteiger partial charge on any atom is 0.265 e. The third-order valence-electron chi connectivity index (χ3n) is 2.23. The molecule has 1 aromatic carbocycles. The highest BCUT2D eigenvalue weighted by Crippen LogP contribution is 2.27. The van der Waals surface area contributed by atoms with E-state index < -0.39 is 10.0 Å². The van der Waals surface area contributed by atoms with Gasteiger partial charge in [-0.05, 0) is 47.1 Å². The number of sulfonamides is 1. The van der Waals surface area contributed by atoms with Crippen molar-refractivity contribution in [2.75, 3.05) is 4.72 Å². The number of hydrogen-bond acceptors (Lipinski definition) is 4. The van der Waals surface area contributed by atoms with Gasteiger partial charge in [0.1, 0.15) is 10.0 Å². The minimum absolute atomic E-state index is 0.0677. The quantitative estimate of drug-likeness (QED) is 0.736.